The van der Waals surface area contributed by atoms with Crippen molar-refractivity contribution in [1.29, 1.82) is 0 Å². The van der Waals surface area contributed by atoms with E-state index in [2.05, 4.69) is 33.9 Å². The van der Waals surface area contributed by atoms with Crippen LogP contribution in [0, 0.1) is 17.6 Å². The van der Waals surface area contributed by atoms with Gasteiger partial charge in [0, 0.05) is 6.61 Å². The second-order valence-corrected chi connectivity index (χ2v) is 12.5. The normalized spacial score (nSPS) is 22.4. The molecule has 2 atom stereocenters. The topological polar surface area (TPSA) is 9.23 Å². The first kappa shape index (κ1) is 16.6. The Morgan fingerprint density at radius 2 is 1.90 bits per heavy atom. The molecule has 1 aliphatic carbocycles. The molecule has 2 rings (SSSR count). The van der Waals surface area contributed by atoms with E-state index < -0.39 is 8.32 Å². The lowest BCUT2D eigenvalue weighted by atomic mass is 10.1. The molecule has 1 aliphatic rings. The summed E-state index contributed by atoms with van der Waals surface area (Å²) in [5, 5.41) is 0.213. The second kappa shape index (κ2) is 5.80. The first-order valence-corrected chi connectivity index (χ1v) is 10.6. The lowest BCUT2D eigenvalue weighted by Gasteiger charge is -2.36. The highest BCUT2D eigenvalue weighted by atomic mass is 28.4. The van der Waals surface area contributed by atoms with Gasteiger partial charge in [0.1, 0.15) is 11.6 Å². The maximum absolute atomic E-state index is 13.7. The maximum Gasteiger partial charge on any atom is 0.191 e. The van der Waals surface area contributed by atoms with Crippen molar-refractivity contribution in [2.75, 3.05) is 6.61 Å². The van der Waals surface area contributed by atoms with Crippen LogP contribution in [0.5, 0.6) is 0 Å². The smallest absolute Gasteiger partial charge is 0.191 e. The molecular weight excluding hydrogens is 286 g/mol. The Bertz CT molecular complexity index is 508. The molecule has 21 heavy (non-hydrogen) atoms. The third-order valence-electron chi connectivity index (χ3n) is 5.04. The van der Waals surface area contributed by atoms with E-state index in [1.807, 2.05) is 0 Å². The SMILES string of the molecule is CC(C)(C)[Si](C)(C)OCC[C@H]1C[C@H]1c1cc(F)ccc1F. The van der Waals surface area contributed by atoms with E-state index in [-0.39, 0.29) is 22.6 Å². The summed E-state index contributed by atoms with van der Waals surface area (Å²) in [6, 6.07) is 3.75. The molecular formula is C17H26F2OSi. The highest BCUT2D eigenvalue weighted by molar-refractivity contribution is 6.74. The standard InChI is InChI=1S/C17H26F2OSi/c1-17(2,3)21(4,5)20-9-8-12-10-14(12)15-11-13(18)6-7-16(15)19/h6-7,11-12,14H,8-10H2,1-5H3/t12-,14+/m0/s1. The maximum atomic E-state index is 13.7. The Kier molecular flexibility index (Phi) is 4.59. The van der Waals surface area contributed by atoms with Gasteiger partial charge in [-0.3, -0.25) is 0 Å². The zero-order valence-corrected chi connectivity index (χ0v) is 14.7. The first-order valence-electron chi connectivity index (χ1n) is 7.71. The molecule has 1 aromatic rings. The molecule has 0 spiro atoms. The summed E-state index contributed by atoms with van der Waals surface area (Å²) in [6.45, 7) is 11.9. The lowest BCUT2D eigenvalue weighted by molar-refractivity contribution is 0.274. The number of hydrogen-bond donors (Lipinski definition) is 0. The molecule has 0 amide bonds. The van der Waals surface area contributed by atoms with E-state index in [9.17, 15) is 8.78 Å². The summed E-state index contributed by atoms with van der Waals surface area (Å²) >= 11 is 0. The summed E-state index contributed by atoms with van der Waals surface area (Å²) in [7, 11) is -1.70. The molecule has 0 heterocycles. The predicted octanol–water partition coefficient (Wildman–Crippen LogP) is 5.48. The Morgan fingerprint density at radius 3 is 2.52 bits per heavy atom. The predicted molar refractivity (Wildman–Crippen MR) is 85.0 cm³/mol. The van der Waals surface area contributed by atoms with Crippen molar-refractivity contribution in [2.24, 2.45) is 5.92 Å². The van der Waals surface area contributed by atoms with Gasteiger partial charge in [-0.2, -0.15) is 0 Å². The fraction of sp³-hybridized carbons (Fsp3) is 0.647. The van der Waals surface area contributed by atoms with Crippen molar-refractivity contribution in [1.82, 2.24) is 0 Å². The van der Waals surface area contributed by atoms with E-state index in [0.29, 0.717) is 11.5 Å². The molecule has 1 saturated carbocycles. The summed E-state index contributed by atoms with van der Waals surface area (Å²) in [4.78, 5) is 0. The molecule has 0 saturated heterocycles. The van der Waals surface area contributed by atoms with Crippen molar-refractivity contribution in [3.05, 3.63) is 35.4 Å². The molecule has 0 aromatic heterocycles. The molecule has 0 radical (unpaired) electrons. The van der Waals surface area contributed by atoms with Crippen LogP contribution in [0.3, 0.4) is 0 Å². The minimum Gasteiger partial charge on any atom is -0.417 e. The van der Waals surface area contributed by atoms with Gasteiger partial charge in [0.25, 0.3) is 0 Å². The van der Waals surface area contributed by atoms with Crippen LogP contribution in [0.2, 0.25) is 18.1 Å². The largest absolute Gasteiger partial charge is 0.417 e. The van der Waals surface area contributed by atoms with Crippen LogP contribution < -0.4 is 0 Å². The minimum atomic E-state index is -1.70. The molecule has 0 unspecified atom stereocenters. The molecule has 1 fully saturated rings. The summed E-state index contributed by atoms with van der Waals surface area (Å²) in [5.41, 5.74) is 0.535. The Labute approximate surface area is 127 Å². The van der Waals surface area contributed by atoms with Gasteiger partial charge in [-0.15, -0.1) is 0 Å². The van der Waals surface area contributed by atoms with Crippen molar-refractivity contribution in [3.8, 4) is 0 Å². The van der Waals surface area contributed by atoms with E-state index >= 15 is 0 Å². The molecule has 0 aliphatic heterocycles. The van der Waals surface area contributed by atoms with Crippen LogP contribution >= 0.6 is 0 Å². The Hall–Kier alpha value is -0.743. The molecule has 4 heteroatoms. The third-order valence-corrected chi connectivity index (χ3v) is 9.58. The average molecular weight is 312 g/mol. The lowest BCUT2D eigenvalue weighted by Crippen LogP contribution is -2.41. The fourth-order valence-electron chi connectivity index (χ4n) is 2.43. The third kappa shape index (κ3) is 3.92. The van der Waals surface area contributed by atoms with Crippen molar-refractivity contribution >= 4 is 8.32 Å². The van der Waals surface area contributed by atoms with Crippen LogP contribution in [0.4, 0.5) is 8.78 Å². The monoisotopic (exact) mass is 312 g/mol. The van der Waals surface area contributed by atoms with Crippen LogP contribution in [0.25, 0.3) is 0 Å². The number of benzene rings is 1. The van der Waals surface area contributed by atoms with Crippen LogP contribution in [-0.2, 0) is 4.43 Å². The molecule has 0 N–H and O–H groups in total. The molecule has 1 nitrogen and oxygen atoms in total. The van der Waals surface area contributed by atoms with Crippen molar-refractivity contribution < 1.29 is 13.2 Å². The minimum absolute atomic E-state index is 0.170. The fourth-order valence-corrected chi connectivity index (χ4v) is 3.49. The highest BCUT2D eigenvalue weighted by Crippen LogP contribution is 2.50. The van der Waals surface area contributed by atoms with Gasteiger partial charge >= 0.3 is 0 Å². The summed E-state index contributed by atoms with van der Waals surface area (Å²) in [5.74, 6) is -0.0291. The summed E-state index contributed by atoms with van der Waals surface area (Å²) < 4.78 is 33.1. The Morgan fingerprint density at radius 1 is 1.24 bits per heavy atom. The van der Waals surface area contributed by atoms with Gasteiger partial charge in [-0.05, 0) is 66.6 Å². The van der Waals surface area contributed by atoms with Crippen LogP contribution in [0.15, 0.2) is 18.2 Å². The quantitative estimate of drug-likeness (QED) is 0.654. The van der Waals surface area contributed by atoms with Gasteiger partial charge < -0.3 is 4.43 Å². The van der Waals surface area contributed by atoms with Crippen molar-refractivity contribution in [2.45, 2.75) is 57.7 Å². The van der Waals surface area contributed by atoms with Gasteiger partial charge in [-0.1, -0.05) is 20.8 Å². The van der Waals surface area contributed by atoms with E-state index in [0.717, 1.165) is 19.4 Å². The van der Waals surface area contributed by atoms with Crippen LogP contribution in [0.1, 0.15) is 45.1 Å². The van der Waals surface area contributed by atoms with Gasteiger partial charge in [0.05, 0.1) is 0 Å². The van der Waals surface area contributed by atoms with Crippen LogP contribution in [-0.4, -0.2) is 14.9 Å². The zero-order chi connectivity index (χ0) is 15.8. The first-order chi connectivity index (χ1) is 9.62. The Balaban J connectivity index is 1.84. The molecule has 0 bridgehead atoms. The number of halogens is 2. The number of hydrogen-bond acceptors (Lipinski definition) is 1. The van der Waals surface area contributed by atoms with Gasteiger partial charge in [0.2, 0.25) is 0 Å². The van der Waals surface area contributed by atoms with Gasteiger partial charge in [0.15, 0.2) is 8.32 Å². The summed E-state index contributed by atoms with van der Waals surface area (Å²) in [6.07, 6.45) is 1.88. The molecule has 1 aromatic carbocycles. The molecule has 118 valence electrons. The van der Waals surface area contributed by atoms with E-state index in [4.69, 9.17) is 4.43 Å². The van der Waals surface area contributed by atoms with E-state index in [1.165, 1.54) is 18.2 Å². The second-order valence-electron chi connectivity index (χ2n) is 7.67. The van der Waals surface area contributed by atoms with Crippen molar-refractivity contribution in [3.63, 3.8) is 0 Å². The highest BCUT2D eigenvalue weighted by Gasteiger charge is 2.41. The zero-order valence-electron chi connectivity index (χ0n) is 13.7. The number of rotatable bonds is 5. The average Bonchev–Trinajstić information content (AvgIpc) is 3.10. The van der Waals surface area contributed by atoms with E-state index in [1.54, 1.807) is 0 Å². The van der Waals surface area contributed by atoms with Gasteiger partial charge in [-0.25, -0.2) is 8.78 Å².